The molecule has 0 fully saturated rings. The Bertz CT molecular complexity index is 820. The Morgan fingerprint density at radius 2 is 1.83 bits per heavy atom. The highest BCUT2D eigenvalue weighted by molar-refractivity contribution is 14.1. The molecule has 0 saturated carbocycles. The molecule has 0 radical (unpaired) electrons. The van der Waals surface area contributed by atoms with Gasteiger partial charge in [-0.3, -0.25) is 4.79 Å². The molecule has 6 nitrogen and oxygen atoms in total. The molecule has 1 amide bonds. The molecule has 2 rings (SSSR count). The second kappa shape index (κ2) is 7.95. The fourth-order valence-corrected chi connectivity index (χ4v) is 3.24. The lowest BCUT2D eigenvalue weighted by Gasteiger charge is -2.12. The molecule has 1 N–H and O–H groups in total. The molecule has 24 heavy (non-hydrogen) atoms. The van der Waals surface area contributed by atoms with E-state index in [9.17, 15) is 13.2 Å². The highest BCUT2D eigenvalue weighted by atomic mass is 127. The van der Waals surface area contributed by atoms with E-state index in [1.54, 1.807) is 18.2 Å². The maximum Gasteiger partial charge on any atom is 0.262 e. The average Bonchev–Trinajstić information content (AvgIpc) is 2.53. The van der Waals surface area contributed by atoms with Crippen molar-refractivity contribution in [2.24, 2.45) is 0 Å². The van der Waals surface area contributed by atoms with E-state index in [1.807, 2.05) is 18.2 Å². The van der Waals surface area contributed by atoms with Crippen LogP contribution in [0.5, 0.6) is 5.75 Å². The smallest absolute Gasteiger partial charge is 0.262 e. The summed E-state index contributed by atoms with van der Waals surface area (Å²) in [4.78, 5) is 12.1. The lowest BCUT2D eigenvalue weighted by atomic mass is 10.3. The Hall–Kier alpha value is -1.65. The van der Waals surface area contributed by atoms with Gasteiger partial charge in [0.15, 0.2) is 6.61 Å². The standard InChI is InChI=1S/C16H17IN2O4S/c1-19(2)24(21,22)15-8-6-13(7-9-15)18-16(20)11-23-14-5-3-4-12(17)10-14/h3-10H,11H2,1-2H3,(H,18,20). The minimum Gasteiger partial charge on any atom is -0.484 e. The van der Waals surface area contributed by atoms with E-state index in [2.05, 4.69) is 27.9 Å². The summed E-state index contributed by atoms with van der Waals surface area (Å²) in [6.07, 6.45) is 0. The molecule has 0 unspecified atom stereocenters. The fraction of sp³-hybridized carbons (Fsp3) is 0.188. The Morgan fingerprint density at radius 3 is 2.42 bits per heavy atom. The van der Waals surface area contributed by atoms with E-state index < -0.39 is 10.0 Å². The number of rotatable bonds is 6. The fourth-order valence-electron chi connectivity index (χ4n) is 1.82. The maximum atomic E-state index is 12.0. The van der Waals surface area contributed by atoms with Gasteiger partial charge >= 0.3 is 0 Å². The molecule has 0 saturated heterocycles. The summed E-state index contributed by atoms with van der Waals surface area (Å²) in [6.45, 7) is -0.127. The van der Waals surface area contributed by atoms with Crippen molar-refractivity contribution >= 4 is 44.2 Å². The van der Waals surface area contributed by atoms with Crippen LogP contribution < -0.4 is 10.1 Å². The molecule has 0 aliphatic carbocycles. The van der Waals surface area contributed by atoms with E-state index in [0.29, 0.717) is 11.4 Å². The number of benzene rings is 2. The van der Waals surface area contributed by atoms with Crippen LogP contribution in [0.3, 0.4) is 0 Å². The molecule has 128 valence electrons. The van der Waals surface area contributed by atoms with Gasteiger partial charge in [0, 0.05) is 23.4 Å². The summed E-state index contributed by atoms with van der Waals surface area (Å²) < 4.78 is 31.5. The molecule has 0 spiro atoms. The summed E-state index contributed by atoms with van der Waals surface area (Å²) in [5, 5.41) is 2.66. The van der Waals surface area contributed by atoms with Gasteiger partial charge in [0.25, 0.3) is 5.91 Å². The number of nitrogens with one attached hydrogen (secondary N) is 1. The van der Waals surface area contributed by atoms with E-state index in [4.69, 9.17) is 4.74 Å². The maximum absolute atomic E-state index is 12.0. The molecule has 0 bridgehead atoms. The summed E-state index contributed by atoms with van der Waals surface area (Å²) in [6, 6.07) is 13.4. The number of hydrogen-bond donors (Lipinski definition) is 1. The molecule has 0 aromatic heterocycles. The third kappa shape index (κ3) is 4.92. The van der Waals surface area contributed by atoms with Crippen LogP contribution in [0.2, 0.25) is 0 Å². The molecule has 8 heteroatoms. The van der Waals surface area contributed by atoms with Crippen LogP contribution in [-0.4, -0.2) is 39.3 Å². The quantitative estimate of drug-likeness (QED) is 0.673. The molecule has 0 aliphatic rings. The summed E-state index contributed by atoms with van der Waals surface area (Å²) >= 11 is 2.16. The van der Waals surface area contributed by atoms with Crippen LogP contribution in [0.15, 0.2) is 53.4 Å². The Kier molecular flexibility index (Phi) is 6.19. The third-order valence-corrected chi connectivity index (χ3v) is 5.58. The minimum absolute atomic E-state index is 0.127. The van der Waals surface area contributed by atoms with Crippen LogP contribution >= 0.6 is 22.6 Å². The first-order chi connectivity index (χ1) is 11.3. The SMILES string of the molecule is CN(C)S(=O)(=O)c1ccc(NC(=O)COc2cccc(I)c2)cc1. The van der Waals surface area contributed by atoms with Gasteiger partial charge in [0.05, 0.1) is 4.90 Å². The summed E-state index contributed by atoms with van der Waals surface area (Å²) in [5.74, 6) is 0.293. The molecule has 0 aliphatic heterocycles. The zero-order valence-electron chi connectivity index (χ0n) is 13.2. The molecule has 0 atom stereocenters. The van der Waals surface area contributed by atoms with Gasteiger partial charge in [0.1, 0.15) is 5.75 Å². The normalized spacial score (nSPS) is 11.3. The molecular formula is C16H17IN2O4S. The van der Waals surface area contributed by atoms with E-state index in [0.717, 1.165) is 7.88 Å². The van der Waals surface area contributed by atoms with Gasteiger partial charge < -0.3 is 10.1 Å². The number of carbonyl (C=O) groups excluding carboxylic acids is 1. The zero-order chi connectivity index (χ0) is 17.7. The Balaban J connectivity index is 1.95. The first-order valence-electron chi connectivity index (χ1n) is 7.00. The Labute approximate surface area is 155 Å². The molecule has 2 aromatic carbocycles. The predicted molar refractivity (Wildman–Crippen MR) is 101 cm³/mol. The van der Waals surface area contributed by atoms with Crippen molar-refractivity contribution < 1.29 is 17.9 Å². The third-order valence-electron chi connectivity index (χ3n) is 3.08. The molecular weight excluding hydrogens is 443 g/mol. The van der Waals surface area contributed by atoms with E-state index >= 15 is 0 Å². The van der Waals surface area contributed by atoms with Gasteiger partial charge in [-0.1, -0.05) is 6.07 Å². The lowest BCUT2D eigenvalue weighted by molar-refractivity contribution is -0.118. The van der Waals surface area contributed by atoms with E-state index in [1.165, 1.54) is 26.2 Å². The number of halogens is 1. The predicted octanol–water partition coefficient (Wildman–Crippen LogP) is 2.56. The highest BCUT2D eigenvalue weighted by Crippen LogP contribution is 2.17. The number of hydrogen-bond acceptors (Lipinski definition) is 4. The monoisotopic (exact) mass is 460 g/mol. The average molecular weight is 460 g/mol. The Morgan fingerprint density at radius 1 is 1.17 bits per heavy atom. The number of sulfonamides is 1. The number of ether oxygens (including phenoxy) is 1. The van der Waals surface area contributed by atoms with Crippen LogP contribution in [-0.2, 0) is 14.8 Å². The van der Waals surface area contributed by atoms with E-state index in [-0.39, 0.29) is 17.4 Å². The summed E-state index contributed by atoms with van der Waals surface area (Å²) in [7, 11) is -0.546. The van der Waals surface area contributed by atoms with Gasteiger partial charge in [0.2, 0.25) is 10.0 Å². The number of carbonyl (C=O) groups is 1. The van der Waals surface area contributed by atoms with Crippen molar-refractivity contribution in [2.45, 2.75) is 4.90 Å². The van der Waals surface area contributed by atoms with Crippen molar-refractivity contribution in [3.05, 3.63) is 52.1 Å². The first kappa shape index (κ1) is 18.7. The zero-order valence-corrected chi connectivity index (χ0v) is 16.2. The van der Waals surface area contributed by atoms with Crippen molar-refractivity contribution in [1.29, 1.82) is 0 Å². The topological polar surface area (TPSA) is 75.7 Å². The molecule has 0 heterocycles. The van der Waals surface area contributed by atoms with Gasteiger partial charge in [-0.05, 0) is 65.1 Å². The lowest BCUT2D eigenvalue weighted by Crippen LogP contribution is -2.22. The first-order valence-corrected chi connectivity index (χ1v) is 9.52. The van der Waals surface area contributed by atoms with Crippen LogP contribution in [0.4, 0.5) is 5.69 Å². The van der Waals surface area contributed by atoms with Crippen molar-refractivity contribution in [1.82, 2.24) is 4.31 Å². The van der Waals surface area contributed by atoms with Crippen LogP contribution in [0, 0.1) is 3.57 Å². The minimum atomic E-state index is -3.48. The van der Waals surface area contributed by atoms with Gasteiger partial charge in [-0.15, -0.1) is 0 Å². The van der Waals surface area contributed by atoms with Crippen LogP contribution in [0.25, 0.3) is 0 Å². The van der Waals surface area contributed by atoms with Crippen molar-refractivity contribution in [2.75, 3.05) is 26.0 Å². The van der Waals surface area contributed by atoms with Crippen molar-refractivity contribution in [3.8, 4) is 5.75 Å². The number of amides is 1. The van der Waals surface area contributed by atoms with Gasteiger partial charge in [-0.25, -0.2) is 12.7 Å². The molecule has 2 aromatic rings. The largest absolute Gasteiger partial charge is 0.484 e. The van der Waals surface area contributed by atoms with Gasteiger partial charge in [-0.2, -0.15) is 0 Å². The van der Waals surface area contributed by atoms with Crippen LogP contribution in [0.1, 0.15) is 0 Å². The summed E-state index contributed by atoms with van der Waals surface area (Å²) in [5.41, 5.74) is 0.504. The second-order valence-electron chi connectivity index (χ2n) is 5.11. The van der Waals surface area contributed by atoms with Crippen molar-refractivity contribution in [3.63, 3.8) is 0 Å². The highest BCUT2D eigenvalue weighted by Gasteiger charge is 2.16. The number of nitrogens with zero attached hydrogens (tertiary/aromatic N) is 1. The number of anilines is 1. The second-order valence-corrected chi connectivity index (χ2v) is 8.50.